The van der Waals surface area contributed by atoms with Gasteiger partial charge in [0.1, 0.15) is 12.4 Å². The van der Waals surface area contributed by atoms with E-state index >= 15 is 0 Å². The van der Waals surface area contributed by atoms with E-state index in [9.17, 15) is 9.18 Å². The quantitative estimate of drug-likeness (QED) is 0.202. The van der Waals surface area contributed by atoms with Gasteiger partial charge in [-0.2, -0.15) is 0 Å². The van der Waals surface area contributed by atoms with Gasteiger partial charge in [0.2, 0.25) is 0 Å². The second-order valence-electron chi connectivity index (χ2n) is 8.29. The van der Waals surface area contributed by atoms with Gasteiger partial charge in [0.05, 0.1) is 26.3 Å². The zero-order valence-corrected chi connectivity index (χ0v) is 23.7. The zero-order chi connectivity index (χ0) is 27.5. The van der Waals surface area contributed by atoms with Gasteiger partial charge in [-0.1, -0.05) is 64.6 Å². The van der Waals surface area contributed by atoms with Crippen molar-refractivity contribution >= 4 is 86.7 Å². The van der Waals surface area contributed by atoms with Gasteiger partial charge in [0.25, 0.3) is 5.91 Å². The number of aliphatic imine (C=N–C) groups is 1. The molecule has 1 aliphatic rings. The molecule has 0 unspecified atom stereocenters. The van der Waals surface area contributed by atoms with E-state index in [0.717, 1.165) is 0 Å². The van der Waals surface area contributed by atoms with Crippen molar-refractivity contribution in [2.24, 2.45) is 4.99 Å². The number of amidine groups is 1. The van der Waals surface area contributed by atoms with Crippen molar-refractivity contribution in [1.82, 2.24) is 0 Å². The smallest absolute Gasteiger partial charge is 0.271 e. The van der Waals surface area contributed by atoms with Gasteiger partial charge in [-0.25, -0.2) is 9.38 Å². The van der Waals surface area contributed by atoms with Gasteiger partial charge in [0.15, 0.2) is 10.9 Å². The number of carbonyl (C=O) groups is 1. The fourth-order valence-corrected chi connectivity index (χ4v) is 5.58. The van der Waals surface area contributed by atoms with E-state index in [4.69, 9.17) is 51.1 Å². The van der Waals surface area contributed by atoms with Crippen molar-refractivity contribution in [3.63, 3.8) is 0 Å². The van der Waals surface area contributed by atoms with Crippen molar-refractivity contribution in [2.75, 3.05) is 4.90 Å². The molecular weight excluding hydrogens is 601 g/mol. The van der Waals surface area contributed by atoms with Crippen LogP contribution in [-0.4, -0.2) is 11.1 Å². The maximum atomic E-state index is 14.0. The molecule has 0 bridgehead atoms. The highest BCUT2D eigenvalue weighted by atomic mass is 35.5. The van der Waals surface area contributed by atoms with Crippen LogP contribution >= 0.6 is 58.2 Å². The van der Waals surface area contributed by atoms with Gasteiger partial charge in [-0.3, -0.25) is 9.69 Å². The van der Waals surface area contributed by atoms with E-state index in [2.05, 4.69) is 4.99 Å². The maximum Gasteiger partial charge on any atom is 0.271 e. The van der Waals surface area contributed by atoms with E-state index in [1.165, 1.54) is 22.7 Å². The average Bonchev–Trinajstić information content (AvgIpc) is 3.20. The number of rotatable bonds is 6. The Balaban J connectivity index is 1.45. The van der Waals surface area contributed by atoms with Crippen molar-refractivity contribution < 1.29 is 13.9 Å². The second kappa shape index (κ2) is 12.0. The third kappa shape index (κ3) is 6.43. The third-order valence-corrected chi connectivity index (χ3v) is 7.63. The van der Waals surface area contributed by atoms with Crippen LogP contribution in [0.2, 0.25) is 20.1 Å². The summed E-state index contributed by atoms with van der Waals surface area (Å²) in [7, 11) is 0. The van der Waals surface area contributed by atoms with Crippen LogP contribution in [0.1, 0.15) is 11.1 Å². The number of anilines is 1. The van der Waals surface area contributed by atoms with Crippen LogP contribution in [0.25, 0.3) is 6.08 Å². The molecule has 0 radical (unpaired) electrons. The number of thioether (sulfide) groups is 1. The van der Waals surface area contributed by atoms with Gasteiger partial charge in [-0.05, 0) is 90.1 Å². The Morgan fingerprint density at radius 2 is 1.49 bits per heavy atom. The van der Waals surface area contributed by atoms with Crippen LogP contribution in [0.4, 0.5) is 15.8 Å². The molecule has 1 fully saturated rings. The lowest BCUT2D eigenvalue weighted by Gasteiger charge is -2.15. The summed E-state index contributed by atoms with van der Waals surface area (Å²) in [6.07, 6.45) is 1.68. The van der Waals surface area contributed by atoms with Crippen molar-refractivity contribution in [1.29, 1.82) is 0 Å². The number of hydrogen-bond acceptors (Lipinski definition) is 4. The summed E-state index contributed by atoms with van der Waals surface area (Å²) >= 11 is 26.2. The van der Waals surface area contributed by atoms with Crippen LogP contribution in [0.15, 0.2) is 94.8 Å². The Morgan fingerprint density at radius 1 is 0.872 bits per heavy atom. The van der Waals surface area contributed by atoms with Crippen LogP contribution in [-0.2, 0) is 11.4 Å². The molecule has 5 rings (SSSR count). The lowest BCUT2D eigenvalue weighted by atomic mass is 10.2. The summed E-state index contributed by atoms with van der Waals surface area (Å²) in [5, 5.41) is 2.04. The molecule has 196 valence electrons. The molecule has 4 aromatic carbocycles. The van der Waals surface area contributed by atoms with Gasteiger partial charge >= 0.3 is 0 Å². The van der Waals surface area contributed by atoms with E-state index < -0.39 is 0 Å². The molecule has 0 aromatic heterocycles. The molecular formula is C29H17Cl4FN2O2S. The minimum atomic E-state index is -0.385. The predicted octanol–water partition coefficient (Wildman–Crippen LogP) is 9.83. The molecule has 0 aliphatic carbocycles. The highest BCUT2D eigenvalue weighted by Gasteiger charge is 2.35. The van der Waals surface area contributed by atoms with Crippen LogP contribution < -0.4 is 9.64 Å². The number of benzene rings is 4. The topological polar surface area (TPSA) is 41.9 Å². The van der Waals surface area contributed by atoms with Crippen molar-refractivity contribution in [2.45, 2.75) is 6.61 Å². The Hall–Kier alpha value is -3.00. The summed E-state index contributed by atoms with van der Waals surface area (Å²) in [6.45, 7) is -0.0402. The molecule has 0 N–H and O–H groups in total. The van der Waals surface area contributed by atoms with Crippen LogP contribution in [0.3, 0.4) is 0 Å². The zero-order valence-electron chi connectivity index (χ0n) is 19.9. The van der Waals surface area contributed by atoms with Crippen molar-refractivity contribution in [3.05, 3.63) is 127 Å². The second-order valence-corrected chi connectivity index (χ2v) is 11.0. The van der Waals surface area contributed by atoms with E-state index in [1.54, 1.807) is 84.9 Å². The summed E-state index contributed by atoms with van der Waals surface area (Å²) < 4.78 is 19.7. The van der Waals surface area contributed by atoms with E-state index in [-0.39, 0.29) is 34.1 Å². The Morgan fingerprint density at radius 3 is 2.13 bits per heavy atom. The van der Waals surface area contributed by atoms with Gasteiger partial charge < -0.3 is 4.74 Å². The molecule has 1 aliphatic heterocycles. The first kappa shape index (κ1) is 27.6. The molecule has 0 spiro atoms. The van der Waals surface area contributed by atoms with Crippen LogP contribution in [0, 0.1) is 5.82 Å². The fraction of sp³-hybridized carbons (Fsp3) is 0.0345. The minimum Gasteiger partial charge on any atom is -0.486 e. The predicted molar refractivity (Wildman–Crippen MR) is 160 cm³/mol. The molecule has 39 heavy (non-hydrogen) atoms. The molecule has 0 atom stereocenters. The Labute approximate surface area is 248 Å². The third-order valence-electron chi connectivity index (χ3n) is 5.59. The number of ether oxygens (including phenoxy) is 1. The number of halogens is 5. The summed E-state index contributed by atoms with van der Waals surface area (Å²) in [4.78, 5) is 20.2. The first-order chi connectivity index (χ1) is 18.8. The first-order valence-electron chi connectivity index (χ1n) is 11.5. The number of amides is 1. The molecule has 0 saturated carbocycles. The Bertz CT molecular complexity index is 1590. The summed E-state index contributed by atoms with van der Waals surface area (Å²) in [5.41, 5.74) is 2.21. The molecule has 1 heterocycles. The molecule has 10 heteroatoms. The highest BCUT2D eigenvalue weighted by molar-refractivity contribution is 8.19. The molecule has 4 nitrogen and oxygen atoms in total. The average molecular weight is 618 g/mol. The monoisotopic (exact) mass is 616 g/mol. The summed E-state index contributed by atoms with van der Waals surface area (Å²) in [6, 6.07) is 23.4. The standard InChI is InChI=1S/C29H17Cl4FN2O2S/c30-19-5-9-21(10-6-19)35-29-36(22-11-7-20(31)8-12-22)28(37)26(39-29)15-17-13-23(32)27(24(33)14-17)38-16-18-3-1-2-4-25(18)34/h1-15H,16H2/b26-15-,35-29?. The number of nitrogens with zero attached hydrogens (tertiary/aromatic N) is 2. The highest BCUT2D eigenvalue weighted by Crippen LogP contribution is 2.40. The lowest BCUT2D eigenvalue weighted by Crippen LogP contribution is -2.28. The fourth-order valence-electron chi connectivity index (χ4n) is 3.71. The van der Waals surface area contributed by atoms with Gasteiger partial charge in [0, 0.05) is 15.6 Å². The van der Waals surface area contributed by atoms with E-state index in [1.807, 2.05) is 0 Å². The lowest BCUT2D eigenvalue weighted by molar-refractivity contribution is -0.113. The molecule has 1 amide bonds. The Kier molecular flexibility index (Phi) is 8.50. The maximum absolute atomic E-state index is 14.0. The normalized spacial score (nSPS) is 15.4. The number of hydrogen-bond donors (Lipinski definition) is 0. The first-order valence-corrected chi connectivity index (χ1v) is 13.8. The van der Waals surface area contributed by atoms with Crippen LogP contribution in [0.5, 0.6) is 5.75 Å². The largest absolute Gasteiger partial charge is 0.486 e. The van der Waals surface area contributed by atoms with Crippen molar-refractivity contribution in [3.8, 4) is 5.75 Å². The minimum absolute atomic E-state index is 0.0402. The van der Waals surface area contributed by atoms with Gasteiger partial charge in [-0.15, -0.1) is 0 Å². The molecule has 1 saturated heterocycles. The van der Waals surface area contributed by atoms with E-state index in [0.29, 0.717) is 42.6 Å². The molecule has 4 aromatic rings. The number of carbonyl (C=O) groups excluding carboxylic acids is 1. The SMILES string of the molecule is O=C1/C(=C/c2cc(Cl)c(OCc3ccccc3F)c(Cl)c2)SC(=Nc2ccc(Cl)cc2)N1c1ccc(Cl)cc1. The summed E-state index contributed by atoms with van der Waals surface area (Å²) in [5.74, 6) is -0.437.